The van der Waals surface area contributed by atoms with E-state index in [1.165, 1.54) is 5.56 Å². The van der Waals surface area contributed by atoms with Crippen molar-refractivity contribution in [3.63, 3.8) is 0 Å². The first-order chi connectivity index (χ1) is 9.25. The topological polar surface area (TPSA) is 74.8 Å². The second-order valence-corrected chi connectivity index (χ2v) is 4.71. The maximum Gasteiger partial charge on any atom is 0.278 e. The van der Waals surface area contributed by atoms with Crippen LogP contribution in [0, 0.1) is 0 Å². The van der Waals surface area contributed by atoms with Gasteiger partial charge in [-0.25, -0.2) is 0 Å². The van der Waals surface area contributed by atoms with Crippen LogP contribution in [0.5, 0.6) is 0 Å². The van der Waals surface area contributed by atoms with Gasteiger partial charge < -0.3 is 16.0 Å². The summed E-state index contributed by atoms with van der Waals surface area (Å²) in [5, 5.41) is 7.56. The van der Waals surface area contributed by atoms with Crippen molar-refractivity contribution in [3.8, 4) is 0 Å². The molecule has 1 aromatic rings. The molecule has 0 aromatic heterocycles. The highest BCUT2D eigenvalue weighted by atomic mass is 16.2. The third kappa shape index (κ3) is 4.37. The highest BCUT2D eigenvalue weighted by molar-refractivity contribution is 5.87. The fourth-order valence-electron chi connectivity index (χ4n) is 2.16. The van der Waals surface area contributed by atoms with Crippen LogP contribution in [0.15, 0.2) is 30.3 Å². The molecule has 5 nitrogen and oxygen atoms in total. The number of nitrogens with one attached hydrogen (secondary N) is 2. The van der Waals surface area contributed by atoms with Crippen LogP contribution in [0.1, 0.15) is 12.0 Å². The van der Waals surface area contributed by atoms with Crippen LogP contribution < -0.4 is 16.0 Å². The molecule has 0 radical (unpaired) electrons. The number of rotatable bonds is 5. The Bertz CT molecular complexity index is 434. The summed E-state index contributed by atoms with van der Waals surface area (Å²) in [5.41, 5.74) is 1.20. The predicted molar refractivity (Wildman–Crippen MR) is 71.4 cm³/mol. The summed E-state index contributed by atoms with van der Waals surface area (Å²) in [6.45, 7) is 2.13. The van der Waals surface area contributed by atoms with Crippen LogP contribution in [-0.2, 0) is 16.0 Å². The Kier molecular flexibility index (Phi) is 4.92. The summed E-state index contributed by atoms with van der Waals surface area (Å²) < 4.78 is 0. The Hall–Kier alpha value is -1.88. The Labute approximate surface area is 112 Å². The van der Waals surface area contributed by atoms with Crippen LogP contribution in [0.4, 0.5) is 0 Å². The molecule has 1 fully saturated rings. The maximum absolute atomic E-state index is 11.7. The molecule has 1 aliphatic heterocycles. The zero-order valence-electron chi connectivity index (χ0n) is 10.9. The van der Waals surface area contributed by atoms with Crippen molar-refractivity contribution in [3.05, 3.63) is 35.9 Å². The molecular formula is C14H20N3O2+. The van der Waals surface area contributed by atoms with Gasteiger partial charge >= 0.3 is 0 Å². The second-order valence-electron chi connectivity index (χ2n) is 4.71. The SMILES string of the molecule is O=C(C[C@H]1[NH2+]CCNC1=O)NCCc1ccccc1. The van der Waals surface area contributed by atoms with Crippen LogP contribution in [0.25, 0.3) is 0 Å². The molecule has 102 valence electrons. The van der Waals surface area contributed by atoms with Crippen LogP contribution in [0.2, 0.25) is 0 Å². The normalized spacial score (nSPS) is 18.7. The smallest absolute Gasteiger partial charge is 0.278 e. The van der Waals surface area contributed by atoms with Gasteiger partial charge in [0.15, 0.2) is 6.04 Å². The summed E-state index contributed by atoms with van der Waals surface area (Å²) in [6.07, 6.45) is 1.06. The molecule has 0 saturated carbocycles. The number of nitrogens with two attached hydrogens (primary N) is 1. The lowest BCUT2D eigenvalue weighted by atomic mass is 10.1. The second kappa shape index (κ2) is 6.89. The highest BCUT2D eigenvalue weighted by Gasteiger charge is 2.27. The number of carbonyl (C=O) groups excluding carboxylic acids is 2. The summed E-state index contributed by atoms with van der Waals surface area (Å²) in [6, 6.07) is 9.74. The van der Waals surface area contributed by atoms with E-state index in [-0.39, 0.29) is 24.3 Å². The number of benzene rings is 1. The van der Waals surface area contributed by atoms with Gasteiger partial charge in [-0.2, -0.15) is 0 Å². The fourth-order valence-corrected chi connectivity index (χ4v) is 2.16. The van der Waals surface area contributed by atoms with Crippen LogP contribution in [0.3, 0.4) is 0 Å². The Morgan fingerprint density at radius 3 is 2.89 bits per heavy atom. The number of piperazine rings is 1. The molecule has 19 heavy (non-hydrogen) atoms. The van der Waals surface area contributed by atoms with Crippen LogP contribution >= 0.6 is 0 Å². The van der Waals surface area contributed by atoms with Crippen molar-refractivity contribution >= 4 is 11.8 Å². The molecule has 0 unspecified atom stereocenters. The quantitative estimate of drug-likeness (QED) is 0.623. The molecule has 1 saturated heterocycles. The molecule has 0 spiro atoms. The fraction of sp³-hybridized carbons (Fsp3) is 0.429. The van der Waals surface area contributed by atoms with Gasteiger partial charge in [0.2, 0.25) is 5.91 Å². The third-order valence-electron chi connectivity index (χ3n) is 3.22. The van der Waals surface area contributed by atoms with E-state index in [4.69, 9.17) is 0 Å². The first-order valence-electron chi connectivity index (χ1n) is 6.67. The summed E-state index contributed by atoms with van der Waals surface area (Å²) in [7, 11) is 0. The molecule has 4 N–H and O–H groups in total. The molecule has 0 bridgehead atoms. The summed E-state index contributed by atoms with van der Waals surface area (Å²) in [5.74, 6) is -0.0984. The van der Waals surface area contributed by atoms with E-state index in [0.717, 1.165) is 13.0 Å². The molecule has 1 aromatic carbocycles. The van der Waals surface area contributed by atoms with E-state index < -0.39 is 0 Å². The van der Waals surface area contributed by atoms with Crippen molar-refractivity contribution in [2.45, 2.75) is 18.9 Å². The number of hydrogen-bond acceptors (Lipinski definition) is 2. The molecule has 2 rings (SSSR count). The highest BCUT2D eigenvalue weighted by Crippen LogP contribution is 1.98. The Balaban J connectivity index is 1.68. The molecule has 5 heteroatoms. The zero-order valence-corrected chi connectivity index (χ0v) is 10.9. The van der Waals surface area contributed by atoms with E-state index in [1.807, 2.05) is 35.6 Å². The van der Waals surface area contributed by atoms with Crippen molar-refractivity contribution < 1.29 is 14.9 Å². The average Bonchev–Trinajstić information content (AvgIpc) is 2.43. The lowest BCUT2D eigenvalue weighted by molar-refractivity contribution is -0.678. The summed E-state index contributed by atoms with van der Waals surface area (Å²) in [4.78, 5) is 23.2. The Morgan fingerprint density at radius 1 is 1.37 bits per heavy atom. The minimum atomic E-state index is -0.273. The first-order valence-corrected chi connectivity index (χ1v) is 6.67. The predicted octanol–water partition coefficient (Wildman–Crippen LogP) is -1.20. The zero-order chi connectivity index (χ0) is 13.5. The van der Waals surface area contributed by atoms with Gasteiger partial charge in [0, 0.05) is 6.54 Å². The summed E-state index contributed by atoms with van der Waals surface area (Å²) >= 11 is 0. The minimum absolute atomic E-state index is 0.0375. The van der Waals surface area contributed by atoms with Gasteiger partial charge in [0.05, 0.1) is 19.5 Å². The van der Waals surface area contributed by atoms with E-state index in [1.54, 1.807) is 0 Å². The van der Waals surface area contributed by atoms with Gasteiger partial charge in [-0.15, -0.1) is 0 Å². The number of amides is 2. The third-order valence-corrected chi connectivity index (χ3v) is 3.22. The van der Waals surface area contributed by atoms with Crippen molar-refractivity contribution in [1.29, 1.82) is 0 Å². The van der Waals surface area contributed by atoms with E-state index in [2.05, 4.69) is 10.6 Å². The molecule has 1 atom stereocenters. The molecule has 1 heterocycles. The molecule has 1 aliphatic rings. The van der Waals surface area contributed by atoms with Gasteiger partial charge in [0.1, 0.15) is 0 Å². The Morgan fingerprint density at radius 2 is 2.16 bits per heavy atom. The van der Waals surface area contributed by atoms with Crippen LogP contribution in [-0.4, -0.2) is 37.5 Å². The van der Waals surface area contributed by atoms with E-state index in [0.29, 0.717) is 13.1 Å². The first kappa shape index (κ1) is 13.5. The number of quaternary nitrogens is 1. The van der Waals surface area contributed by atoms with E-state index in [9.17, 15) is 9.59 Å². The van der Waals surface area contributed by atoms with Gasteiger partial charge in [-0.1, -0.05) is 30.3 Å². The maximum atomic E-state index is 11.7. The van der Waals surface area contributed by atoms with E-state index >= 15 is 0 Å². The minimum Gasteiger partial charge on any atom is -0.356 e. The lowest BCUT2D eigenvalue weighted by Gasteiger charge is -2.19. The molecular weight excluding hydrogens is 242 g/mol. The lowest BCUT2D eigenvalue weighted by Crippen LogP contribution is -2.96. The standard InChI is InChI=1S/C14H19N3O2/c18-13(10-12-14(19)17-9-8-15-12)16-7-6-11-4-2-1-3-5-11/h1-5,12,15H,6-10H2,(H,16,18)(H,17,19)/p+1/t12-/m1/s1. The van der Waals surface area contributed by atoms with Gasteiger partial charge in [0.25, 0.3) is 5.91 Å². The molecule has 2 amide bonds. The van der Waals surface area contributed by atoms with Gasteiger partial charge in [-0.05, 0) is 12.0 Å². The number of hydrogen-bond donors (Lipinski definition) is 3. The molecule has 0 aliphatic carbocycles. The monoisotopic (exact) mass is 262 g/mol. The van der Waals surface area contributed by atoms with Crippen molar-refractivity contribution in [2.24, 2.45) is 0 Å². The van der Waals surface area contributed by atoms with Gasteiger partial charge in [-0.3, -0.25) is 9.59 Å². The van der Waals surface area contributed by atoms with Crippen molar-refractivity contribution in [2.75, 3.05) is 19.6 Å². The van der Waals surface area contributed by atoms with Crippen molar-refractivity contribution in [1.82, 2.24) is 10.6 Å². The number of carbonyl (C=O) groups is 2. The largest absolute Gasteiger partial charge is 0.356 e. The average molecular weight is 262 g/mol.